The molecule has 2 aromatic heterocycles. The highest BCUT2D eigenvalue weighted by molar-refractivity contribution is 14.1. The van der Waals surface area contributed by atoms with Crippen LogP contribution in [-0.2, 0) is 9.59 Å². The number of rotatable bonds is 4. The number of aromatic nitrogens is 3. The third kappa shape index (κ3) is 3.48. The van der Waals surface area contributed by atoms with Gasteiger partial charge in [-0.1, -0.05) is 0 Å². The van der Waals surface area contributed by atoms with Gasteiger partial charge in [0.05, 0.1) is 5.57 Å². The molecule has 1 saturated heterocycles. The molecule has 130 valence electrons. The molecule has 0 radical (unpaired) electrons. The molecule has 1 aliphatic heterocycles. The fourth-order valence-electron chi connectivity index (χ4n) is 2.41. The number of nitrogens with zero attached hydrogens (tertiary/aromatic N) is 5. The van der Waals surface area contributed by atoms with Gasteiger partial charge in [-0.25, -0.2) is 9.50 Å². The van der Waals surface area contributed by atoms with Gasteiger partial charge in [-0.05, 0) is 12.5 Å². The van der Waals surface area contributed by atoms with E-state index in [1.165, 1.54) is 7.05 Å². The van der Waals surface area contributed by atoms with Crippen LogP contribution in [0.15, 0.2) is 35.1 Å². The summed E-state index contributed by atoms with van der Waals surface area (Å²) in [6.07, 6.45) is 3.77. The quantitative estimate of drug-likeness (QED) is 0.395. The first-order valence-electron chi connectivity index (χ1n) is 7.55. The maximum atomic E-state index is 12.6. The predicted molar refractivity (Wildman–Crippen MR) is 101 cm³/mol. The van der Waals surface area contributed by atoms with Crippen LogP contribution in [-0.4, -0.2) is 57.2 Å². The Morgan fingerprint density at radius 3 is 2.80 bits per heavy atom. The average molecular weight is 453 g/mol. The van der Waals surface area contributed by atoms with Crippen LogP contribution in [0, 0.1) is 3.83 Å². The third-order valence-electron chi connectivity index (χ3n) is 3.80. The number of pyridine rings is 1. The number of hydrogen-bond acceptors (Lipinski definition) is 6. The summed E-state index contributed by atoms with van der Waals surface area (Å²) in [7, 11) is 1.45. The zero-order valence-corrected chi connectivity index (χ0v) is 15.6. The molecule has 0 aromatic carbocycles. The molecule has 1 fully saturated rings. The van der Waals surface area contributed by atoms with Crippen LogP contribution in [0.3, 0.4) is 0 Å². The highest BCUT2D eigenvalue weighted by Crippen LogP contribution is 2.15. The summed E-state index contributed by atoms with van der Waals surface area (Å²) in [4.78, 5) is 34.8. The Bertz CT molecular complexity index is 898. The summed E-state index contributed by atoms with van der Waals surface area (Å²) in [6.45, 7) is 1.33. The van der Waals surface area contributed by atoms with E-state index in [9.17, 15) is 9.59 Å². The number of anilines is 1. The smallest absolute Gasteiger partial charge is 0.274 e. The molecule has 0 aliphatic carbocycles. The molecule has 3 heterocycles. The van der Waals surface area contributed by atoms with Gasteiger partial charge in [0.2, 0.25) is 3.83 Å². The molecule has 0 atom stereocenters. The van der Waals surface area contributed by atoms with Gasteiger partial charge in [0.15, 0.2) is 5.65 Å². The molecule has 3 N–H and O–H groups in total. The van der Waals surface area contributed by atoms with Crippen LogP contribution in [0.2, 0.25) is 0 Å². The minimum Gasteiger partial charge on any atom is -0.404 e. The van der Waals surface area contributed by atoms with Crippen LogP contribution in [0.5, 0.6) is 0 Å². The average Bonchev–Trinajstić information content (AvgIpc) is 2.89. The first-order chi connectivity index (χ1) is 12.0. The van der Waals surface area contributed by atoms with Crippen molar-refractivity contribution in [3.63, 3.8) is 0 Å². The summed E-state index contributed by atoms with van der Waals surface area (Å²) < 4.78 is 2.20. The van der Waals surface area contributed by atoms with Crippen LogP contribution in [0.4, 0.5) is 5.69 Å². The standard InChI is InChI=1S/C15H16IN7O2/c1-18-12(10(8-17)14(25)22-4-2-5-22)13(24)19-9-3-6-23-11(7-9)20-15(16)21-23/h3,6-8H,2,4-5,17H2,1H3,(H,19,24). The molecule has 0 spiro atoms. The van der Waals surface area contributed by atoms with E-state index in [1.807, 2.05) is 22.6 Å². The summed E-state index contributed by atoms with van der Waals surface area (Å²) in [5.41, 5.74) is 6.80. The van der Waals surface area contributed by atoms with E-state index < -0.39 is 5.91 Å². The van der Waals surface area contributed by atoms with Crippen molar-refractivity contribution in [1.82, 2.24) is 19.5 Å². The highest BCUT2D eigenvalue weighted by atomic mass is 127. The minimum atomic E-state index is -0.508. The Hall–Kier alpha value is -2.50. The lowest BCUT2D eigenvalue weighted by atomic mass is 10.1. The summed E-state index contributed by atoms with van der Waals surface area (Å²) in [5.74, 6) is -0.793. The van der Waals surface area contributed by atoms with Gasteiger partial charge in [0, 0.05) is 66.9 Å². The summed E-state index contributed by atoms with van der Waals surface area (Å²) >= 11 is 2.01. The van der Waals surface area contributed by atoms with Gasteiger partial charge in [-0.2, -0.15) is 0 Å². The number of carbonyl (C=O) groups excluding carboxylic acids is 2. The molecule has 0 bridgehead atoms. The van der Waals surface area contributed by atoms with Gasteiger partial charge in [-0.15, -0.1) is 5.10 Å². The third-order valence-corrected chi connectivity index (χ3v) is 4.26. The predicted octanol–water partition coefficient (Wildman–Crippen LogP) is 0.418. The maximum Gasteiger partial charge on any atom is 0.274 e. The van der Waals surface area contributed by atoms with E-state index in [0.29, 0.717) is 28.3 Å². The Balaban J connectivity index is 1.80. The SMILES string of the molecule is CN=C(C(=O)Nc1ccn2nc(I)nc2c1)C(=CN)C(=O)N1CCC1. The van der Waals surface area contributed by atoms with Crippen molar-refractivity contribution in [2.75, 3.05) is 25.5 Å². The first kappa shape index (κ1) is 17.3. The molecule has 1 aliphatic rings. The number of likely N-dealkylation sites (tertiary alicyclic amines) is 1. The van der Waals surface area contributed by atoms with Crippen LogP contribution in [0.25, 0.3) is 5.65 Å². The molecule has 2 amide bonds. The molecular weight excluding hydrogens is 437 g/mol. The van der Waals surface area contributed by atoms with E-state index in [2.05, 4.69) is 20.4 Å². The van der Waals surface area contributed by atoms with Crippen molar-refractivity contribution in [1.29, 1.82) is 0 Å². The molecular formula is C15H16IN7O2. The van der Waals surface area contributed by atoms with Gasteiger partial charge < -0.3 is 16.0 Å². The zero-order chi connectivity index (χ0) is 18.0. The number of hydrogen-bond donors (Lipinski definition) is 2. The number of nitrogens with one attached hydrogen (secondary N) is 1. The number of halogens is 1. The Morgan fingerprint density at radius 2 is 2.20 bits per heavy atom. The fourth-order valence-corrected chi connectivity index (χ4v) is 2.89. The second-order valence-electron chi connectivity index (χ2n) is 5.35. The van der Waals surface area contributed by atoms with E-state index in [4.69, 9.17) is 5.73 Å². The molecule has 2 aromatic rings. The normalized spacial score (nSPS) is 15.2. The first-order valence-corrected chi connectivity index (χ1v) is 8.63. The number of fused-ring (bicyclic) bond motifs is 1. The second-order valence-corrected chi connectivity index (χ2v) is 6.32. The van der Waals surface area contributed by atoms with Gasteiger partial charge in [0.25, 0.3) is 11.8 Å². The van der Waals surface area contributed by atoms with Crippen LogP contribution in [0.1, 0.15) is 6.42 Å². The number of carbonyl (C=O) groups is 2. The largest absolute Gasteiger partial charge is 0.404 e. The molecule has 10 heteroatoms. The lowest BCUT2D eigenvalue weighted by Gasteiger charge is -2.31. The number of aliphatic imine (C=N–C) groups is 1. The topological polar surface area (TPSA) is 118 Å². The van der Waals surface area contributed by atoms with Crippen molar-refractivity contribution in [2.24, 2.45) is 10.7 Å². The molecule has 0 unspecified atom stereocenters. The van der Waals surface area contributed by atoms with E-state index >= 15 is 0 Å². The number of amides is 2. The lowest BCUT2D eigenvalue weighted by Crippen LogP contribution is -2.45. The Labute approximate surface area is 157 Å². The van der Waals surface area contributed by atoms with Crippen molar-refractivity contribution in [2.45, 2.75) is 6.42 Å². The Morgan fingerprint density at radius 1 is 1.44 bits per heavy atom. The minimum absolute atomic E-state index is 0.00433. The summed E-state index contributed by atoms with van der Waals surface area (Å²) in [5, 5.41) is 6.88. The zero-order valence-electron chi connectivity index (χ0n) is 13.4. The fraction of sp³-hybridized carbons (Fsp3) is 0.267. The summed E-state index contributed by atoms with van der Waals surface area (Å²) in [6, 6.07) is 3.37. The van der Waals surface area contributed by atoms with E-state index in [-0.39, 0.29) is 17.2 Å². The van der Waals surface area contributed by atoms with Crippen molar-refractivity contribution in [3.8, 4) is 0 Å². The molecule has 9 nitrogen and oxygen atoms in total. The molecule has 0 saturated carbocycles. The highest BCUT2D eigenvalue weighted by Gasteiger charge is 2.29. The lowest BCUT2D eigenvalue weighted by molar-refractivity contribution is -0.130. The molecule has 3 rings (SSSR count). The van der Waals surface area contributed by atoms with Crippen molar-refractivity contribution in [3.05, 3.63) is 33.9 Å². The van der Waals surface area contributed by atoms with Gasteiger partial charge in [0.1, 0.15) is 5.71 Å². The Kier molecular flexibility index (Phi) is 4.97. The number of nitrogens with two attached hydrogens (primary N) is 1. The van der Waals surface area contributed by atoms with E-state index in [1.54, 1.807) is 27.7 Å². The monoisotopic (exact) mass is 453 g/mol. The maximum absolute atomic E-state index is 12.6. The van der Waals surface area contributed by atoms with Crippen molar-refractivity contribution < 1.29 is 9.59 Å². The van der Waals surface area contributed by atoms with Crippen molar-refractivity contribution >= 4 is 51.5 Å². The van der Waals surface area contributed by atoms with Gasteiger partial charge >= 0.3 is 0 Å². The van der Waals surface area contributed by atoms with Gasteiger partial charge in [-0.3, -0.25) is 14.6 Å². The molecule has 25 heavy (non-hydrogen) atoms. The second kappa shape index (κ2) is 7.17. The van der Waals surface area contributed by atoms with Crippen LogP contribution < -0.4 is 11.1 Å². The van der Waals surface area contributed by atoms with Crippen LogP contribution >= 0.6 is 22.6 Å². The van der Waals surface area contributed by atoms with E-state index in [0.717, 1.165) is 12.6 Å².